The zero-order valence-electron chi connectivity index (χ0n) is 10.1. The van der Waals surface area contributed by atoms with Crippen LogP contribution in [-0.4, -0.2) is 29.2 Å². The van der Waals surface area contributed by atoms with Crippen molar-refractivity contribution < 1.29 is 18.0 Å². The summed E-state index contributed by atoms with van der Waals surface area (Å²) in [5.74, 6) is -4.15. The van der Waals surface area contributed by atoms with Gasteiger partial charge in [0, 0.05) is 24.0 Å². The highest BCUT2D eigenvalue weighted by molar-refractivity contribution is 9.09. The molecule has 0 aliphatic carbocycles. The Hall–Kier alpha value is -1.04. The highest BCUT2D eigenvalue weighted by atomic mass is 79.9. The van der Waals surface area contributed by atoms with Gasteiger partial charge in [-0.1, -0.05) is 15.9 Å². The Balaban J connectivity index is 2.12. The van der Waals surface area contributed by atoms with Crippen molar-refractivity contribution >= 4 is 21.8 Å². The number of hydrogen-bond acceptors (Lipinski definition) is 1. The van der Waals surface area contributed by atoms with Crippen molar-refractivity contribution in [2.45, 2.75) is 12.8 Å². The van der Waals surface area contributed by atoms with Crippen LogP contribution in [0, 0.1) is 23.4 Å². The fourth-order valence-corrected chi connectivity index (χ4v) is 2.80. The van der Waals surface area contributed by atoms with Gasteiger partial charge in [0.25, 0.3) is 5.91 Å². The maximum Gasteiger partial charge on any atom is 0.254 e. The lowest BCUT2D eigenvalue weighted by Gasteiger charge is -2.31. The molecule has 1 amide bonds. The minimum absolute atomic E-state index is 0.145. The molecule has 2 rings (SSSR count). The van der Waals surface area contributed by atoms with Crippen LogP contribution in [0.5, 0.6) is 0 Å². The van der Waals surface area contributed by atoms with Crippen molar-refractivity contribution in [1.29, 1.82) is 0 Å². The van der Waals surface area contributed by atoms with Crippen molar-refractivity contribution in [3.8, 4) is 0 Å². The van der Waals surface area contributed by atoms with Gasteiger partial charge in [0.05, 0.1) is 0 Å². The van der Waals surface area contributed by atoms with E-state index in [9.17, 15) is 18.0 Å². The highest BCUT2D eigenvalue weighted by Gasteiger charge is 2.24. The van der Waals surface area contributed by atoms with Gasteiger partial charge in [-0.3, -0.25) is 4.79 Å². The first-order chi connectivity index (χ1) is 9.02. The van der Waals surface area contributed by atoms with Gasteiger partial charge >= 0.3 is 0 Å². The first-order valence-electron chi connectivity index (χ1n) is 6.02. The van der Waals surface area contributed by atoms with E-state index in [1.54, 1.807) is 4.90 Å². The zero-order valence-corrected chi connectivity index (χ0v) is 11.7. The normalized spacial score (nSPS) is 16.7. The van der Waals surface area contributed by atoms with Crippen LogP contribution < -0.4 is 0 Å². The van der Waals surface area contributed by atoms with E-state index in [1.807, 2.05) is 0 Å². The third-order valence-corrected chi connectivity index (χ3v) is 4.27. The summed E-state index contributed by atoms with van der Waals surface area (Å²) in [6, 6.07) is 1.49. The number of nitrogens with zero attached hydrogens (tertiary/aromatic N) is 1. The topological polar surface area (TPSA) is 20.3 Å². The Morgan fingerprint density at radius 3 is 2.21 bits per heavy atom. The molecule has 0 atom stereocenters. The number of likely N-dealkylation sites (tertiary alicyclic amines) is 1. The molecule has 1 fully saturated rings. The average molecular weight is 336 g/mol. The summed E-state index contributed by atoms with van der Waals surface area (Å²) >= 11 is 3.40. The summed E-state index contributed by atoms with van der Waals surface area (Å²) < 4.78 is 39.0. The molecule has 0 spiro atoms. The molecule has 1 aromatic carbocycles. The number of rotatable bonds is 2. The Morgan fingerprint density at radius 1 is 1.21 bits per heavy atom. The van der Waals surface area contributed by atoms with E-state index in [4.69, 9.17) is 0 Å². The molecular weight excluding hydrogens is 323 g/mol. The number of carbonyl (C=O) groups excluding carboxylic acids is 1. The van der Waals surface area contributed by atoms with Crippen LogP contribution in [0.4, 0.5) is 13.2 Å². The van der Waals surface area contributed by atoms with E-state index in [0.717, 1.165) is 30.3 Å². The molecule has 1 aliphatic rings. The van der Waals surface area contributed by atoms with E-state index >= 15 is 0 Å². The second kappa shape index (κ2) is 5.94. The monoisotopic (exact) mass is 335 g/mol. The smallest absolute Gasteiger partial charge is 0.254 e. The molecule has 104 valence electrons. The lowest BCUT2D eigenvalue weighted by atomic mass is 9.98. The molecule has 1 heterocycles. The van der Waals surface area contributed by atoms with Crippen LogP contribution >= 0.6 is 15.9 Å². The van der Waals surface area contributed by atoms with E-state index in [0.29, 0.717) is 19.0 Å². The molecule has 1 aliphatic heterocycles. The quantitative estimate of drug-likeness (QED) is 0.599. The SMILES string of the molecule is O=C(c1cc(F)c(F)c(F)c1)N1CCC(CBr)CC1. The standard InChI is InChI=1S/C13H13BrF3NO/c14-7-8-1-3-18(4-2-8)13(19)9-5-10(15)12(17)11(16)6-9/h5-6,8H,1-4,7H2. The summed E-state index contributed by atoms with van der Waals surface area (Å²) in [5.41, 5.74) is -0.145. The second-order valence-corrected chi connectivity index (χ2v) is 5.29. The number of benzene rings is 1. The van der Waals surface area contributed by atoms with Crippen LogP contribution in [0.2, 0.25) is 0 Å². The molecule has 6 heteroatoms. The second-order valence-electron chi connectivity index (χ2n) is 4.64. The summed E-state index contributed by atoms with van der Waals surface area (Å²) in [5, 5.41) is 0.884. The maximum absolute atomic E-state index is 13.1. The molecule has 1 aromatic rings. The van der Waals surface area contributed by atoms with Crippen LogP contribution in [0.3, 0.4) is 0 Å². The Morgan fingerprint density at radius 2 is 1.74 bits per heavy atom. The summed E-state index contributed by atoms with van der Waals surface area (Å²) in [6.07, 6.45) is 1.70. The summed E-state index contributed by atoms with van der Waals surface area (Å²) in [7, 11) is 0. The lowest BCUT2D eigenvalue weighted by molar-refractivity contribution is 0.0697. The first-order valence-corrected chi connectivity index (χ1v) is 7.15. The van der Waals surface area contributed by atoms with Gasteiger partial charge in [-0.05, 0) is 30.9 Å². The van der Waals surface area contributed by atoms with Gasteiger partial charge in [0.15, 0.2) is 17.5 Å². The van der Waals surface area contributed by atoms with Crippen LogP contribution in [0.15, 0.2) is 12.1 Å². The number of carbonyl (C=O) groups is 1. The molecule has 1 saturated heterocycles. The summed E-state index contributed by atoms with van der Waals surface area (Å²) in [4.78, 5) is 13.6. The van der Waals surface area contributed by atoms with E-state index in [1.165, 1.54) is 0 Å². The van der Waals surface area contributed by atoms with Gasteiger partial charge in [-0.2, -0.15) is 0 Å². The van der Waals surface area contributed by atoms with E-state index < -0.39 is 23.4 Å². The minimum Gasteiger partial charge on any atom is -0.339 e. The minimum atomic E-state index is -1.55. The van der Waals surface area contributed by atoms with Crippen LogP contribution in [0.1, 0.15) is 23.2 Å². The van der Waals surface area contributed by atoms with Gasteiger partial charge < -0.3 is 4.90 Å². The lowest BCUT2D eigenvalue weighted by Crippen LogP contribution is -2.38. The van der Waals surface area contributed by atoms with E-state index in [2.05, 4.69) is 15.9 Å². The summed E-state index contributed by atoms with van der Waals surface area (Å²) in [6.45, 7) is 1.10. The van der Waals surface area contributed by atoms with Gasteiger partial charge in [-0.25, -0.2) is 13.2 Å². The van der Waals surface area contributed by atoms with Gasteiger partial charge in [-0.15, -0.1) is 0 Å². The third kappa shape index (κ3) is 3.11. The molecule has 2 nitrogen and oxygen atoms in total. The molecule has 19 heavy (non-hydrogen) atoms. The largest absolute Gasteiger partial charge is 0.339 e. The molecule has 0 N–H and O–H groups in total. The van der Waals surface area contributed by atoms with Gasteiger partial charge in [0.2, 0.25) is 0 Å². The number of amides is 1. The van der Waals surface area contributed by atoms with Crippen molar-refractivity contribution in [2.75, 3.05) is 18.4 Å². The first kappa shape index (κ1) is 14.4. The Kier molecular flexibility index (Phi) is 4.50. The number of piperidine rings is 1. The molecule has 0 aromatic heterocycles. The predicted octanol–water partition coefficient (Wildman–Crippen LogP) is 3.35. The fraction of sp³-hybridized carbons (Fsp3) is 0.462. The maximum atomic E-state index is 13.1. The number of alkyl halides is 1. The molecule has 0 unspecified atom stereocenters. The van der Waals surface area contributed by atoms with Crippen molar-refractivity contribution in [3.05, 3.63) is 35.1 Å². The molecule has 0 bridgehead atoms. The molecule has 0 saturated carbocycles. The Labute approximate surface area is 117 Å². The third-order valence-electron chi connectivity index (χ3n) is 3.35. The van der Waals surface area contributed by atoms with Crippen molar-refractivity contribution in [2.24, 2.45) is 5.92 Å². The number of halogens is 4. The van der Waals surface area contributed by atoms with Crippen LogP contribution in [0.25, 0.3) is 0 Å². The fourth-order valence-electron chi connectivity index (χ4n) is 2.15. The Bertz CT molecular complexity index is 464. The average Bonchev–Trinajstić information content (AvgIpc) is 2.43. The predicted molar refractivity (Wildman–Crippen MR) is 68.7 cm³/mol. The number of hydrogen-bond donors (Lipinski definition) is 0. The molecule has 0 radical (unpaired) electrons. The van der Waals surface area contributed by atoms with E-state index in [-0.39, 0.29) is 5.56 Å². The van der Waals surface area contributed by atoms with Crippen molar-refractivity contribution in [3.63, 3.8) is 0 Å². The van der Waals surface area contributed by atoms with Crippen LogP contribution in [-0.2, 0) is 0 Å². The molecular formula is C13H13BrF3NO. The van der Waals surface area contributed by atoms with Crippen molar-refractivity contribution in [1.82, 2.24) is 4.90 Å². The highest BCUT2D eigenvalue weighted by Crippen LogP contribution is 2.22. The van der Waals surface area contributed by atoms with Gasteiger partial charge in [0.1, 0.15) is 0 Å². The zero-order chi connectivity index (χ0) is 14.0.